The van der Waals surface area contributed by atoms with Crippen LogP contribution in [0.5, 0.6) is 0 Å². The predicted octanol–water partition coefficient (Wildman–Crippen LogP) is 2.90. The SMILES string of the molecule is CCC1SCC(C(=O)O)N1C(=O)NCC1(CC)CCCC1. The number of carbonyl (C=O) groups is 2. The second-order valence-electron chi connectivity index (χ2n) is 6.18. The van der Waals surface area contributed by atoms with E-state index in [1.54, 1.807) is 11.8 Å². The number of carboxylic acids is 1. The molecule has 2 aliphatic rings. The van der Waals surface area contributed by atoms with Crippen molar-refractivity contribution in [2.24, 2.45) is 5.41 Å². The van der Waals surface area contributed by atoms with Crippen LogP contribution < -0.4 is 5.32 Å². The van der Waals surface area contributed by atoms with Crippen molar-refractivity contribution in [2.75, 3.05) is 12.3 Å². The van der Waals surface area contributed by atoms with Crippen LogP contribution in [0.3, 0.4) is 0 Å². The molecule has 1 saturated heterocycles. The van der Waals surface area contributed by atoms with Gasteiger partial charge in [-0.1, -0.05) is 26.7 Å². The smallest absolute Gasteiger partial charge is 0.327 e. The monoisotopic (exact) mass is 314 g/mol. The van der Waals surface area contributed by atoms with E-state index in [2.05, 4.69) is 12.2 Å². The van der Waals surface area contributed by atoms with Crippen LogP contribution in [0.15, 0.2) is 0 Å². The Morgan fingerprint density at radius 1 is 1.33 bits per heavy atom. The highest BCUT2D eigenvalue weighted by Gasteiger charge is 2.41. The van der Waals surface area contributed by atoms with E-state index in [0.717, 1.165) is 25.7 Å². The Kier molecular flexibility index (Phi) is 5.41. The van der Waals surface area contributed by atoms with Crippen molar-refractivity contribution >= 4 is 23.8 Å². The Morgan fingerprint density at radius 2 is 2.00 bits per heavy atom. The molecule has 2 fully saturated rings. The van der Waals surface area contributed by atoms with E-state index >= 15 is 0 Å². The lowest BCUT2D eigenvalue weighted by atomic mass is 9.83. The van der Waals surface area contributed by atoms with Crippen molar-refractivity contribution in [1.29, 1.82) is 0 Å². The summed E-state index contributed by atoms with van der Waals surface area (Å²) in [7, 11) is 0. The maximum atomic E-state index is 12.5. The lowest BCUT2D eigenvalue weighted by Gasteiger charge is -2.31. The quantitative estimate of drug-likeness (QED) is 0.818. The van der Waals surface area contributed by atoms with E-state index in [9.17, 15) is 14.7 Å². The highest BCUT2D eigenvalue weighted by atomic mass is 32.2. The molecule has 6 heteroatoms. The molecule has 0 aromatic carbocycles. The zero-order chi connectivity index (χ0) is 15.5. The first-order valence-corrected chi connectivity index (χ1v) is 8.98. The maximum Gasteiger partial charge on any atom is 0.327 e. The molecule has 5 nitrogen and oxygen atoms in total. The first-order chi connectivity index (χ1) is 10.0. The van der Waals surface area contributed by atoms with Crippen molar-refractivity contribution in [3.8, 4) is 0 Å². The molecule has 0 radical (unpaired) electrons. The summed E-state index contributed by atoms with van der Waals surface area (Å²) in [6, 6.07) is -0.903. The summed E-state index contributed by atoms with van der Waals surface area (Å²) in [5.41, 5.74) is 0.225. The van der Waals surface area contributed by atoms with Gasteiger partial charge in [0.2, 0.25) is 0 Å². The molecule has 2 rings (SSSR count). The van der Waals surface area contributed by atoms with Crippen LogP contribution in [0.1, 0.15) is 52.4 Å². The summed E-state index contributed by atoms with van der Waals surface area (Å²) < 4.78 is 0. The van der Waals surface area contributed by atoms with Crippen LogP contribution in [0.25, 0.3) is 0 Å². The number of rotatable bonds is 5. The minimum absolute atomic E-state index is 0.0211. The second-order valence-corrected chi connectivity index (χ2v) is 7.39. The lowest BCUT2D eigenvalue weighted by Crippen LogP contribution is -2.51. The Labute approximate surface area is 130 Å². The molecular formula is C15H26N2O3S. The van der Waals surface area contributed by atoms with Crippen molar-refractivity contribution in [2.45, 2.75) is 63.8 Å². The number of carbonyl (C=O) groups excluding carboxylic acids is 1. The summed E-state index contributed by atoms with van der Waals surface area (Å²) in [6.07, 6.45) is 6.65. The van der Waals surface area contributed by atoms with Crippen LogP contribution in [-0.2, 0) is 4.79 Å². The average Bonchev–Trinajstić information content (AvgIpc) is 3.11. The first-order valence-electron chi connectivity index (χ1n) is 7.93. The van der Waals surface area contributed by atoms with Crippen LogP contribution in [0, 0.1) is 5.41 Å². The van der Waals surface area contributed by atoms with Gasteiger partial charge in [-0.15, -0.1) is 11.8 Å². The number of thioether (sulfide) groups is 1. The molecule has 1 saturated carbocycles. The zero-order valence-electron chi connectivity index (χ0n) is 12.9. The summed E-state index contributed by atoms with van der Waals surface area (Å²) in [5, 5.41) is 12.3. The number of urea groups is 1. The molecule has 2 unspecified atom stereocenters. The number of nitrogens with one attached hydrogen (secondary N) is 1. The van der Waals surface area contributed by atoms with Gasteiger partial charge in [0.25, 0.3) is 0 Å². The Bertz CT molecular complexity index is 396. The molecule has 1 aliphatic carbocycles. The maximum absolute atomic E-state index is 12.5. The van der Waals surface area contributed by atoms with Crippen LogP contribution >= 0.6 is 11.8 Å². The van der Waals surface area contributed by atoms with Crippen molar-refractivity contribution < 1.29 is 14.7 Å². The molecule has 0 spiro atoms. The van der Waals surface area contributed by atoms with Crippen molar-refractivity contribution in [3.63, 3.8) is 0 Å². The summed E-state index contributed by atoms with van der Waals surface area (Å²) in [5.74, 6) is -0.417. The van der Waals surface area contributed by atoms with Gasteiger partial charge in [-0.3, -0.25) is 4.90 Å². The fraction of sp³-hybridized carbons (Fsp3) is 0.867. The molecule has 2 amide bonds. The summed E-state index contributed by atoms with van der Waals surface area (Å²) in [6.45, 7) is 4.84. The highest BCUT2D eigenvalue weighted by Crippen LogP contribution is 2.40. The van der Waals surface area contributed by atoms with Gasteiger partial charge in [-0.05, 0) is 31.1 Å². The van der Waals surface area contributed by atoms with Gasteiger partial charge < -0.3 is 10.4 Å². The van der Waals surface area contributed by atoms with Crippen molar-refractivity contribution in [3.05, 3.63) is 0 Å². The molecule has 120 valence electrons. The molecule has 0 bridgehead atoms. The van der Waals surface area contributed by atoms with Gasteiger partial charge in [-0.2, -0.15) is 0 Å². The molecule has 0 aromatic rings. The third kappa shape index (κ3) is 3.47. The van der Waals surface area contributed by atoms with E-state index in [1.807, 2.05) is 6.92 Å². The van der Waals surface area contributed by atoms with Gasteiger partial charge in [0.05, 0.1) is 5.37 Å². The zero-order valence-corrected chi connectivity index (χ0v) is 13.7. The number of hydrogen-bond acceptors (Lipinski definition) is 3. The standard InChI is InChI=1S/C15H26N2O3S/c1-3-12-17(11(9-21-12)13(18)19)14(20)16-10-15(4-2)7-5-6-8-15/h11-12H,3-10H2,1-2H3,(H,16,20)(H,18,19). The molecule has 1 heterocycles. The first kappa shape index (κ1) is 16.5. The third-order valence-electron chi connectivity index (χ3n) is 4.99. The molecule has 1 aliphatic heterocycles. The van der Waals surface area contributed by atoms with E-state index < -0.39 is 12.0 Å². The lowest BCUT2D eigenvalue weighted by molar-refractivity contribution is -0.141. The number of aliphatic carboxylic acids is 1. The summed E-state index contributed by atoms with van der Waals surface area (Å²) in [4.78, 5) is 25.3. The molecule has 2 N–H and O–H groups in total. The highest BCUT2D eigenvalue weighted by molar-refractivity contribution is 8.00. The number of carboxylic acid groups (broad SMARTS) is 1. The van der Waals surface area contributed by atoms with Crippen LogP contribution in [0.2, 0.25) is 0 Å². The van der Waals surface area contributed by atoms with E-state index in [1.165, 1.54) is 17.7 Å². The number of amides is 2. The van der Waals surface area contributed by atoms with Crippen LogP contribution in [-0.4, -0.2) is 45.7 Å². The van der Waals surface area contributed by atoms with Gasteiger partial charge in [0.1, 0.15) is 6.04 Å². The van der Waals surface area contributed by atoms with Crippen LogP contribution in [0.4, 0.5) is 4.79 Å². The third-order valence-corrected chi connectivity index (χ3v) is 6.44. The Morgan fingerprint density at radius 3 is 2.52 bits per heavy atom. The Balaban J connectivity index is 1.98. The van der Waals surface area contributed by atoms with E-state index in [-0.39, 0.29) is 16.8 Å². The molecule has 21 heavy (non-hydrogen) atoms. The number of hydrogen-bond donors (Lipinski definition) is 2. The molecule has 2 atom stereocenters. The van der Waals surface area contributed by atoms with Crippen molar-refractivity contribution in [1.82, 2.24) is 10.2 Å². The van der Waals surface area contributed by atoms with Gasteiger partial charge >= 0.3 is 12.0 Å². The minimum Gasteiger partial charge on any atom is -0.480 e. The van der Waals surface area contributed by atoms with Gasteiger partial charge in [0, 0.05) is 12.3 Å². The van der Waals surface area contributed by atoms with E-state index in [0.29, 0.717) is 12.3 Å². The largest absolute Gasteiger partial charge is 0.480 e. The topological polar surface area (TPSA) is 69.6 Å². The minimum atomic E-state index is -0.903. The average molecular weight is 314 g/mol. The van der Waals surface area contributed by atoms with Gasteiger partial charge in [-0.25, -0.2) is 9.59 Å². The number of nitrogens with zero attached hydrogens (tertiary/aromatic N) is 1. The molecular weight excluding hydrogens is 288 g/mol. The fourth-order valence-corrected chi connectivity index (χ4v) is 4.82. The second kappa shape index (κ2) is 6.90. The van der Waals surface area contributed by atoms with E-state index in [4.69, 9.17) is 0 Å². The van der Waals surface area contributed by atoms with Gasteiger partial charge in [0.15, 0.2) is 0 Å². The normalized spacial score (nSPS) is 27.8. The fourth-order valence-electron chi connectivity index (χ4n) is 3.48. The Hall–Kier alpha value is -0.910. The predicted molar refractivity (Wildman–Crippen MR) is 84.4 cm³/mol. The molecule has 0 aromatic heterocycles. The summed E-state index contributed by atoms with van der Waals surface area (Å²) >= 11 is 1.56.